The van der Waals surface area contributed by atoms with Gasteiger partial charge in [0.05, 0.1) is 24.5 Å². The van der Waals surface area contributed by atoms with E-state index >= 15 is 0 Å². The molecule has 1 aromatic carbocycles. The van der Waals surface area contributed by atoms with Gasteiger partial charge in [-0.25, -0.2) is 4.79 Å². The fourth-order valence-corrected chi connectivity index (χ4v) is 6.27. The molecule has 0 bridgehead atoms. The Bertz CT molecular complexity index is 983. The number of carboxylic acids is 1. The van der Waals surface area contributed by atoms with Crippen molar-refractivity contribution in [2.45, 2.75) is 50.9 Å². The van der Waals surface area contributed by atoms with E-state index in [-0.39, 0.29) is 5.91 Å². The van der Waals surface area contributed by atoms with Gasteiger partial charge in [0, 0.05) is 4.88 Å². The van der Waals surface area contributed by atoms with E-state index in [9.17, 15) is 19.5 Å². The van der Waals surface area contributed by atoms with Crippen LogP contribution < -0.4 is 5.32 Å². The highest BCUT2D eigenvalue weighted by Gasteiger charge is 2.37. The minimum Gasteiger partial charge on any atom is -0.481 e. The van der Waals surface area contributed by atoms with Crippen LogP contribution in [0.5, 0.6) is 0 Å². The molecule has 6 nitrogen and oxygen atoms in total. The highest BCUT2D eigenvalue weighted by molar-refractivity contribution is 7.17. The molecule has 3 atom stereocenters. The van der Waals surface area contributed by atoms with Crippen molar-refractivity contribution < 1.29 is 24.2 Å². The number of esters is 1. The van der Waals surface area contributed by atoms with Crippen molar-refractivity contribution in [3.05, 3.63) is 51.9 Å². The van der Waals surface area contributed by atoms with Crippen LogP contribution in [-0.2, 0) is 27.2 Å². The van der Waals surface area contributed by atoms with E-state index in [1.807, 2.05) is 18.2 Å². The van der Waals surface area contributed by atoms with Crippen LogP contribution in [0.25, 0.3) is 0 Å². The minimum absolute atomic E-state index is 0.310. The van der Waals surface area contributed by atoms with E-state index in [2.05, 4.69) is 17.4 Å². The summed E-state index contributed by atoms with van der Waals surface area (Å²) in [5, 5.41) is 12.9. The lowest BCUT2D eigenvalue weighted by atomic mass is 9.78. The number of hydrogen-bond acceptors (Lipinski definition) is 5. The largest absolute Gasteiger partial charge is 0.481 e. The number of fused-ring (bicyclic) bond motifs is 1. The molecule has 2 aliphatic rings. The Morgan fingerprint density at radius 1 is 1.06 bits per heavy atom. The molecule has 1 amide bonds. The van der Waals surface area contributed by atoms with E-state index in [0.29, 0.717) is 29.3 Å². The predicted octanol–water partition coefficient (Wildman–Crippen LogP) is 4.64. The van der Waals surface area contributed by atoms with E-state index in [1.165, 1.54) is 24.0 Å². The van der Waals surface area contributed by atoms with E-state index in [1.54, 1.807) is 0 Å². The molecule has 7 heteroatoms. The summed E-state index contributed by atoms with van der Waals surface area (Å²) < 4.78 is 5.02. The van der Waals surface area contributed by atoms with Crippen LogP contribution in [0.4, 0.5) is 5.00 Å². The van der Waals surface area contributed by atoms with E-state index in [4.69, 9.17) is 4.74 Å². The summed E-state index contributed by atoms with van der Waals surface area (Å²) in [5.41, 5.74) is 2.67. The predicted molar refractivity (Wildman–Crippen MR) is 119 cm³/mol. The number of carbonyl (C=O) groups is 3. The fraction of sp³-hybridized carbons (Fsp3) is 0.458. The molecule has 2 N–H and O–H groups in total. The van der Waals surface area contributed by atoms with Gasteiger partial charge in [-0.2, -0.15) is 0 Å². The summed E-state index contributed by atoms with van der Waals surface area (Å²) in [4.78, 5) is 38.3. The first kappa shape index (κ1) is 21.6. The molecule has 4 rings (SSSR count). The molecule has 0 aliphatic heterocycles. The molecule has 2 aromatic rings. The summed E-state index contributed by atoms with van der Waals surface area (Å²) >= 11 is 1.43. The normalized spacial score (nSPS) is 22.9. The molecule has 1 fully saturated rings. The Balaban J connectivity index is 1.61. The fourth-order valence-electron chi connectivity index (χ4n) is 4.95. The number of carbonyl (C=O) groups excluding carboxylic acids is 2. The van der Waals surface area contributed by atoms with Gasteiger partial charge >= 0.3 is 11.9 Å². The molecule has 2 aliphatic carbocycles. The first-order chi connectivity index (χ1) is 15.0. The summed E-state index contributed by atoms with van der Waals surface area (Å²) in [6.07, 6.45) is 5.20. The Morgan fingerprint density at radius 2 is 1.77 bits per heavy atom. The van der Waals surface area contributed by atoms with Crippen molar-refractivity contribution in [3.63, 3.8) is 0 Å². The molecule has 0 saturated heterocycles. The monoisotopic (exact) mass is 441 g/mol. The third-order valence-electron chi connectivity index (χ3n) is 6.58. The number of anilines is 1. The second-order valence-corrected chi connectivity index (χ2v) is 9.48. The second kappa shape index (κ2) is 9.22. The van der Waals surface area contributed by atoms with Crippen molar-refractivity contribution in [3.8, 4) is 0 Å². The van der Waals surface area contributed by atoms with Crippen molar-refractivity contribution in [1.82, 2.24) is 0 Å². The number of carboxylic acid groups (broad SMARTS) is 1. The van der Waals surface area contributed by atoms with Crippen LogP contribution in [-0.4, -0.2) is 30.1 Å². The van der Waals surface area contributed by atoms with Gasteiger partial charge in [0.1, 0.15) is 5.00 Å². The Hall–Kier alpha value is -2.67. The Morgan fingerprint density at radius 3 is 2.45 bits per heavy atom. The number of benzene rings is 1. The number of nitrogens with one attached hydrogen (secondary N) is 1. The lowest BCUT2D eigenvalue weighted by Gasteiger charge is -2.27. The van der Waals surface area contributed by atoms with Crippen LogP contribution in [0.2, 0.25) is 0 Å². The lowest BCUT2D eigenvalue weighted by Crippen LogP contribution is -2.36. The molecule has 0 spiro atoms. The zero-order valence-corrected chi connectivity index (χ0v) is 18.4. The van der Waals surface area contributed by atoms with Gasteiger partial charge in [-0.15, -0.1) is 11.3 Å². The van der Waals surface area contributed by atoms with Crippen molar-refractivity contribution >= 4 is 34.2 Å². The number of amides is 1. The van der Waals surface area contributed by atoms with Crippen LogP contribution in [0.3, 0.4) is 0 Å². The maximum atomic E-state index is 13.0. The van der Waals surface area contributed by atoms with E-state index < -0.39 is 23.8 Å². The van der Waals surface area contributed by atoms with E-state index in [0.717, 1.165) is 42.5 Å². The average molecular weight is 442 g/mol. The third-order valence-corrected chi connectivity index (χ3v) is 7.75. The molecular formula is C24H27NO5S. The minimum atomic E-state index is -0.927. The SMILES string of the molecule is COC(=O)c1c(NC(=O)[C@@H]2CCCC[C@@H]2C(=O)O)sc2c1CC[C@H](c1ccccc1)C2. The van der Waals surface area contributed by atoms with Crippen molar-refractivity contribution in [1.29, 1.82) is 0 Å². The highest BCUT2D eigenvalue weighted by Crippen LogP contribution is 2.43. The topological polar surface area (TPSA) is 92.7 Å². The molecule has 1 aromatic heterocycles. The zero-order valence-electron chi connectivity index (χ0n) is 17.6. The quantitative estimate of drug-likeness (QED) is 0.660. The molecule has 164 valence electrons. The number of ether oxygens (including phenoxy) is 1. The summed E-state index contributed by atoms with van der Waals surface area (Å²) in [6, 6.07) is 10.3. The second-order valence-electron chi connectivity index (χ2n) is 8.37. The number of aliphatic carboxylic acids is 1. The smallest absolute Gasteiger partial charge is 0.341 e. The van der Waals surface area contributed by atoms with Crippen LogP contribution >= 0.6 is 11.3 Å². The highest BCUT2D eigenvalue weighted by atomic mass is 32.1. The standard InChI is InChI=1S/C24H27NO5S/c1-30-24(29)20-18-12-11-15(14-7-3-2-4-8-14)13-19(18)31-22(20)25-21(26)16-9-5-6-10-17(16)23(27)28/h2-4,7-8,15-17H,5-6,9-13H2,1H3,(H,25,26)(H,27,28)/t15-,16+,17-/m0/s1. The van der Waals surface area contributed by atoms with Gasteiger partial charge in [0.2, 0.25) is 5.91 Å². The van der Waals surface area contributed by atoms with Gasteiger partial charge in [-0.1, -0.05) is 43.2 Å². The van der Waals surface area contributed by atoms with Crippen molar-refractivity contribution in [2.75, 3.05) is 12.4 Å². The first-order valence-corrected chi connectivity index (χ1v) is 11.6. The third kappa shape index (κ3) is 4.37. The number of hydrogen-bond donors (Lipinski definition) is 2. The average Bonchev–Trinajstić information content (AvgIpc) is 3.16. The summed E-state index contributed by atoms with van der Waals surface area (Å²) in [5.74, 6) is -2.57. The van der Waals surface area contributed by atoms with Gasteiger partial charge in [-0.3, -0.25) is 9.59 Å². The molecule has 0 unspecified atom stereocenters. The van der Waals surface area contributed by atoms with Gasteiger partial charge in [-0.05, 0) is 49.1 Å². The first-order valence-electron chi connectivity index (χ1n) is 10.8. The summed E-state index contributed by atoms with van der Waals surface area (Å²) in [7, 11) is 1.34. The molecular weight excluding hydrogens is 414 g/mol. The zero-order chi connectivity index (χ0) is 22.0. The number of rotatable bonds is 5. The Kier molecular flexibility index (Phi) is 6.41. The van der Waals surface area contributed by atoms with Gasteiger partial charge in [0.25, 0.3) is 0 Å². The van der Waals surface area contributed by atoms with Gasteiger partial charge in [0.15, 0.2) is 0 Å². The summed E-state index contributed by atoms with van der Waals surface area (Å²) in [6.45, 7) is 0. The van der Waals surface area contributed by atoms with Crippen molar-refractivity contribution in [2.24, 2.45) is 11.8 Å². The molecule has 1 heterocycles. The van der Waals surface area contributed by atoms with Crippen LogP contribution in [0.15, 0.2) is 30.3 Å². The number of thiophene rings is 1. The van der Waals surface area contributed by atoms with Gasteiger partial charge < -0.3 is 15.2 Å². The van der Waals surface area contributed by atoms with Crippen LogP contribution in [0.1, 0.15) is 64.4 Å². The molecule has 31 heavy (non-hydrogen) atoms. The maximum absolute atomic E-state index is 13.0. The number of methoxy groups -OCH3 is 1. The molecule has 1 saturated carbocycles. The van der Waals surface area contributed by atoms with Crippen LogP contribution in [0, 0.1) is 11.8 Å². The maximum Gasteiger partial charge on any atom is 0.341 e. The molecule has 0 radical (unpaired) electrons. The Labute approximate surface area is 185 Å². The lowest BCUT2D eigenvalue weighted by molar-refractivity contribution is -0.147.